The van der Waals surface area contributed by atoms with Crippen molar-refractivity contribution in [3.05, 3.63) is 0 Å². The van der Waals surface area contributed by atoms with Gasteiger partial charge in [0.1, 0.15) is 0 Å². The Morgan fingerprint density at radius 1 is 1.67 bits per heavy atom. The zero-order chi connectivity index (χ0) is 9.14. The molecule has 1 amide bonds. The highest BCUT2D eigenvalue weighted by molar-refractivity contribution is 5.82. The van der Waals surface area contributed by atoms with Crippen LogP contribution in [0.2, 0.25) is 0 Å². The van der Waals surface area contributed by atoms with Crippen molar-refractivity contribution in [1.29, 1.82) is 0 Å². The van der Waals surface area contributed by atoms with Gasteiger partial charge in [0.05, 0.1) is 6.04 Å². The molecular weight excluding hydrogens is 152 g/mol. The van der Waals surface area contributed by atoms with Crippen LogP contribution < -0.4 is 11.1 Å². The van der Waals surface area contributed by atoms with Crippen LogP contribution in [-0.2, 0) is 4.79 Å². The van der Waals surface area contributed by atoms with E-state index in [1.165, 1.54) is 0 Å². The molecule has 3 nitrogen and oxygen atoms in total. The lowest BCUT2D eigenvalue weighted by atomic mass is 9.99. The van der Waals surface area contributed by atoms with Gasteiger partial charge in [0.2, 0.25) is 5.91 Å². The average Bonchev–Trinajstić information content (AvgIpc) is 2.85. The van der Waals surface area contributed by atoms with Crippen molar-refractivity contribution in [3.8, 4) is 0 Å². The molecule has 70 valence electrons. The number of nitrogens with two attached hydrogens (primary N) is 1. The topological polar surface area (TPSA) is 55.1 Å². The van der Waals surface area contributed by atoms with E-state index >= 15 is 0 Å². The fourth-order valence-electron chi connectivity index (χ4n) is 1.04. The van der Waals surface area contributed by atoms with Gasteiger partial charge in [-0.15, -0.1) is 0 Å². The van der Waals surface area contributed by atoms with Gasteiger partial charge in [-0.2, -0.15) is 0 Å². The monoisotopic (exact) mass is 170 g/mol. The third-order valence-corrected chi connectivity index (χ3v) is 2.48. The second kappa shape index (κ2) is 3.90. The maximum absolute atomic E-state index is 11.4. The Bertz CT molecular complexity index is 166. The van der Waals surface area contributed by atoms with Gasteiger partial charge in [0.15, 0.2) is 0 Å². The maximum Gasteiger partial charge on any atom is 0.237 e. The van der Waals surface area contributed by atoms with E-state index in [-0.39, 0.29) is 17.9 Å². The van der Waals surface area contributed by atoms with Gasteiger partial charge in [-0.3, -0.25) is 4.79 Å². The van der Waals surface area contributed by atoms with Crippen molar-refractivity contribution in [3.63, 3.8) is 0 Å². The quantitative estimate of drug-likeness (QED) is 0.650. The molecular formula is C9H18N2O. The number of amides is 1. The molecule has 0 bridgehead atoms. The highest BCUT2D eigenvalue weighted by Gasteiger charge is 2.27. The van der Waals surface area contributed by atoms with Gasteiger partial charge >= 0.3 is 0 Å². The predicted molar refractivity (Wildman–Crippen MR) is 48.6 cm³/mol. The van der Waals surface area contributed by atoms with Crippen molar-refractivity contribution in [1.82, 2.24) is 5.32 Å². The van der Waals surface area contributed by atoms with Crippen LogP contribution in [0.15, 0.2) is 0 Å². The lowest BCUT2D eigenvalue weighted by Crippen LogP contribution is -2.45. The van der Waals surface area contributed by atoms with Crippen molar-refractivity contribution >= 4 is 5.91 Å². The van der Waals surface area contributed by atoms with Crippen molar-refractivity contribution in [2.24, 2.45) is 11.7 Å². The highest BCUT2D eigenvalue weighted by atomic mass is 16.2. The fourth-order valence-corrected chi connectivity index (χ4v) is 1.04. The summed E-state index contributed by atoms with van der Waals surface area (Å²) in [5.74, 6) is 0.301. The molecule has 1 saturated carbocycles. The maximum atomic E-state index is 11.4. The fraction of sp³-hybridized carbons (Fsp3) is 0.889. The summed E-state index contributed by atoms with van der Waals surface area (Å²) < 4.78 is 0. The molecule has 0 saturated heterocycles. The van der Waals surface area contributed by atoms with Crippen molar-refractivity contribution < 1.29 is 4.79 Å². The van der Waals surface area contributed by atoms with Crippen LogP contribution in [0.4, 0.5) is 0 Å². The van der Waals surface area contributed by atoms with E-state index in [2.05, 4.69) is 12.2 Å². The van der Waals surface area contributed by atoms with Crippen LogP contribution >= 0.6 is 0 Å². The molecule has 2 atom stereocenters. The third kappa shape index (κ3) is 2.48. The smallest absolute Gasteiger partial charge is 0.237 e. The molecule has 1 aliphatic rings. The molecule has 3 N–H and O–H groups in total. The van der Waals surface area contributed by atoms with Crippen molar-refractivity contribution in [2.45, 2.75) is 45.2 Å². The summed E-state index contributed by atoms with van der Waals surface area (Å²) in [6.45, 7) is 4.06. The summed E-state index contributed by atoms with van der Waals surface area (Å²) in [5.41, 5.74) is 5.74. The average molecular weight is 170 g/mol. The van der Waals surface area contributed by atoms with Gasteiger partial charge in [-0.1, -0.05) is 20.3 Å². The minimum atomic E-state index is -0.324. The van der Waals surface area contributed by atoms with Gasteiger partial charge < -0.3 is 11.1 Å². The molecule has 1 fully saturated rings. The van der Waals surface area contributed by atoms with Gasteiger partial charge in [-0.05, 0) is 18.8 Å². The number of hydrogen-bond donors (Lipinski definition) is 2. The van der Waals surface area contributed by atoms with Gasteiger partial charge in [-0.25, -0.2) is 0 Å². The van der Waals surface area contributed by atoms with E-state index < -0.39 is 0 Å². The molecule has 0 aliphatic heterocycles. The van der Waals surface area contributed by atoms with Gasteiger partial charge in [0, 0.05) is 6.04 Å². The van der Waals surface area contributed by atoms with E-state index in [1.54, 1.807) is 0 Å². The molecule has 3 heteroatoms. The summed E-state index contributed by atoms with van der Waals surface area (Å²) in [5, 5.41) is 2.90. The van der Waals surface area contributed by atoms with E-state index in [1.807, 2.05) is 6.92 Å². The van der Waals surface area contributed by atoms with Crippen LogP contribution in [0.3, 0.4) is 0 Å². The zero-order valence-corrected chi connectivity index (χ0v) is 7.84. The number of carbonyl (C=O) groups excluding carboxylic acids is 1. The molecule has 0 spiro atoms. The van der Waals surface area contributed by atoms with E-state index in [0.29, 0.717) is 6.04 Å². The number of carbonyl (C=O) groups is 1. The van der Waals surface area contributed by atoms with E-state index in [0.717, 1.165) is 19.3 Å². The number of nitrogens with one attached hydrogen (secondary N) is 1. The first-order valence-corrected chi connectivity index (χ1v) is 4.71. The molecule has 0 aromatic rings. The molecule has 0 heterocycles. The Hall–Kier alpha value is -0.570. The van der Waals surface area contributed by atoms with Crippen LogP contribution in [0.5, 0.6) is 0 Å². The Morgan fingerprint density at radius 3 is 2.67 bits per heavy atom. The normalized spacial score (nSPS) is 21.6. The summed E-state index contributed by atoms with van der Waals surface area (Å²) in [7, 11) is 0. The predicted octanol–water partition coefficient (Wildman–Crippen LogP) is 0.638. The number of rotatable bonds is 4. The van der Waals surface area contributed by atoms with Crippen LogP contribution in [-0.4, -0.2) is 18.0 Å². The van der Waals surface area contributed by atoms with E-state index in [9.17, 15) is 4.79 Å². The van der Waals surface area contributed by atoms with E-state index in [4.69, 9.17) is 5.73 Å². The first-order valence-electron chi connectivity index (χ1n) is 4.71. The summed E-state index contributed by atoms with van der Waals surface area (Å²) in [6, 6.07) is 0.100. The molecule has 0 radical (unpaired) electrons. The lowest BCUT2D eigenvalue weighted by molar-refractivity contribution is -0.123. The largest absolute Gasteiger partial charge is 0.352 e. The first-order chi connectivity index (χ1) is 5.65. The standard InChI is InChI=1S/C9H18N2O/c1-3-6(2)8(10)9(12)11-7-4-5-7/h6-8H,3-5,10H2,1-2H3,(H,11,12)/t6?,8-/m0/s1. The Morgan fingerprint density at radius 2 is 2.25 bits per heavy atom. The lowest BCUT2D eigenvalue weighted by Gasteiger charge is -2.17. The van der Waals surface area contributed by atoms with Crippen LogP contribution in [0, 0.1) is 5.92 Å². The molecule has 0 aromatic heterocycles. The van der Waals surface area contributed by atoms with Crippen molar-refractivity contribution in [2.75, 3.05) is 0 Å². The molecule has 1 unspecified atom stereocenters. The molecule has 1 aliphatic carbocycles. The molecule has 1 rings (SSSR count). The Kier molecular flexibility index (Phi) is 3.09. The van der Waals surface area contributed by atoms with Gasteiger partial charge in [0.25, 0.3) is 0 Å². The minimum Gasteiger partial charge on any atom is -0.352 e. The summed E-state index contributed by atoms with van der Waals surface area (Å²) in [4.78, 5) is 11.4. The highest BCUT2D eigenvalue weighted by Crippen LogP contribution is 2.19. The molecule has 0 aromatic carbocycles. The second-order valence-electron chi connectivity index (χ2n) is 3.69. The third-order valence-electron chi connectivity index (χ3n) is 2.48. The minimum absolute atomic E-state index is 0.0202. The SMILES string of the molecule is CCC(C)[C@H](N)C(=O)NC1CC1. The van der Waals surface area contributed by atoms with Crippen LogP contribution in [0.1, 0.15) is 33.1 Å². The molecule has 12 heavy (non-hydrogen) atoms. The Labute approximate surface area is 73.7 Å². The number of hydrogen-bond acceptors (Lipinski definition) is 2. The Balaban J connectivity index is 2.28. The van der Waals surface area contributed by atoms with Crippen LogP contribution in [0.25, 0.3) is 0 Å². The first kappa shape index (κ1) is 9.52. The zero-order valence-electron chi connectivity index (χ0n) is 7.84. The summed E-state index contributed by atoms with van der Waals surface area (Å²) in [6.07, 6.45) is 3.21. The second-order valence-corrected chi connectivity index (χ2v) is 3.69. The summed E-state index contributed by atoms with van der Waals surface area (Å²) >= 11 is 0.